The van der Waals surface area contributed by atoms with Crippen molar-refractivity contribution in [1.82, 2.24) is 0 Å². The highest BCUT2D eigenvalue weighted by Crippen LogP contribution is 2.33. The van der Waals surface area contributed by atoms with Gasteiger partial charge in [-0.25, -0.2) is 0 Å². The number of halogens is 3. The topological polar surface area (TPSA) is 9.23 Å². The molecule has 1 nitrogen and oxygen atoms in total. The van der Waals surface area contributed by atoms with E-state index in [9.17, 15) is 0 Å². The van der Waals surface area contributed by atoms with Gasteiger partial charge in [-0.05, 0) is 49.2 Å². The van der Waals surface area contributed by atoms with E-state index < -0.39 is 0 Å². The third-order valence-corrected chi connectivity index (χ3v) is 4.02. The predicted octanol–water partition coefficient (Wildman–Crippen LogP) is 6.11. The van der Waals surface area contributed by atoms with Gasteiger partial charge in [0.1, 0.15) is 5.75 Å². The van der Waals surface area contributed by atoms with E-state index in [0.29, 0.717) is 10.0 Å². The molecule has 4 heteroatoms. The van der Waals surface area contributed by atoms with Gasteiger partial charge in [-0.15, -0.1) is 11.6 Å². The van der Waals surface area contributed by atoms with Crippen LogP contribution in [0.3, 0.4) is 0 Å². The molecular formula is C16H15Cl3O. The minimum atomic E-state index is -0.266. The largest absolute Gasteiger partial charge is 0.491 e. The summed E-state index contributed by atoms with van der Waals surface area (Å²) in [5.74, 6) is 0.835. The van der Waals surface area contributed by atoms with Crippen LogP contribution < -0.4 is 4.74 Å². The summed E-state index contributed by atoms with van der Waals surface area (Å²) < 4.78 is 5.61. The molecule has 0 fully saturated rings. The Bertz CT molecular complexity index is 579. The molecule has 0 aliphatic heterocycles. The van der Waals surface area contributed by atoms with Gasteiger partial charge in [0.2, 0.25) is 0 Å². The van der Waals surface area contributed by atoms with Crippen LogP contribution in [0.1, 0.15) is 30.4 Å². The molecule has 2 aromatic rings. The Labute approximate surface area is 134 Å². The van der Waals surface area contributed by atoms with Gasteiger partial charge >= 0.3 is 0 Å². The van der Waals surface area contributed by atoms with Crippen LogP contribution in [0.25, 0.3) is 0 Å². The lowest BCUT2D eigenvalue weighted by Crippen LogP contribution is -2.05. The van der Waals surface area contributed by atoms with Crippen molar-refractivity contribution in [2.45, 2.75) is 25.3 Å². The van der Waals surface area contributed by atoms with Crippen LogP contribution >= 0.6 is 34.8 Å². The first-order valence-electron chi connectivity index (χ1n) is 6.33. The normalized spacial score (nSPS) is 12.5. The van der Waals surface area contributed by atoms with Crippen molar-refractivity contribution in [3.8, 4) is 5.75 Å². The van der Waals surface area contributed by atoms with Crippen LogP contribution in [0.5, 0.6) is 5.75 Å². The van der Waals surface area contributed by atoms with Crippen molar-refractivity contribution in [2.24, 2.45) is 0 Å². The van der Waals surface area contributed by atoms with Gasteiger partial charge in [0, 0.05) is 0 Å². The van der Waals surface area contributed by atoms with Gasteiger partial charge in [0.25, 0.3) is 0 Å². The maximum absolute atomic E-state index is 6.47. The first-order chi connectivity index (χ1) is 9.47. The highest BCUT2D eigenvalue weighted by atomic mass is 35.5. The molecule has 2 aromatic carbocycles. The van der Waals surface area contributed by atoms with E-state index in [2.05, 4.69) is 0 Å². The van der Waals surface area contributed by atoms with E-state index in [0.717, 1.165) is 16.9 Å². The second-order valence-electron chi connectivity index (χ2n) is 4.77. The number of benzene rings is 2. The van der Waals surface area contributed by atoms with Crippen molar-refractivity contribution in [2.75, 3.05) is 0 Å². The Kier molecular flexibility index (Phi) is 5.20. The number of hydrogen-bond donors (Lipinski definition) is 0. The molecule has 1 unspecified atom stereocenters. The van der Waals surface area contributed by atoms with Crippen LogP contribution in [0, 0.1) is 0 Å². The SMILES string of the molecule is CC(C)Oc1ccc(C(Cl)c2ccc(Cl)c(Cl)c2)cc1. The zero-order chi connectivity index (χ0) is 14.7. The van der Waals surface area contributed by atoms with Crippen molar-refractivity contribution in [3.63, 3.8) is 0 Å². The Morgan fingerprint density at radius 2 is 1.45 bits per heavy atom. The summed E-state index contributed by atoms with van der Waals surface area (Å²) in [6.45, 7) is 3.99. The average Bonchev–Trinajstić information content (AvgIpc) is 2.41. The van der Waals surface area contributed by atoms with Crippen molar-refractivity contribution < 1.29 is 4.74 Å². The molecular weight excluding hydrogens is 315 g/mol. The van der Waals surface area contributed by atoms with E-state index in [-0.39, 0.29) is 11.5 Å². The summed E-state index contributed by atoms with van der Waals surface area (Å²) in [5.41, 5.74) is 1.90. The van der Waals surface area contributed by atoms with E-state index in [4.69, 9.17) is 39.5 Å². The lowest BCUT2D eigenvalue weighted by atomic mass is 10.0. The molecule has 0 N–H and O–H groups in total. The standard InChI is InChI=1S/C16H15Cl3O/c1-10(2)20-13-6-3-11(4-7-13)16(19)12-5-8-14(17)15(18)9-12/h3-10,16H,1-2H3. The van der Waals surface area contributed by atoms with E-state index >= 15 is 0 Å². The van der Waals surface area contributed by atoms with E-state index in [1.54, 1.807) is 12.1 Å². The minimum absolute atomic E-state index is 0.155. The highest BCUT2D eigenvalue weighted by molar-refractivity contribution is 6.42. The molecule has 0 aromatic heterocycles. The average molecular weight is 330 g/mol. The smallest absolute Gasteiger partial charge is 0.119 e. The summed E-state index contributed by atoms with van der Waals surface area (Å²) in [7, 11) is 0. The molecule has 0 saturated carbocycles. The number of rotatable bonds is 4. The van der Waals surface area contributed by atoms with Gasteiger partial charge in [0.15, 0.2) is 0 Å². The Balaban J connectivity index is 2.20. The fraction of sp³-hybridized carbons (Fsp3) is 0.250. The van der Waals surface area contributed by atoms with Crippen LogP contribution in [-0.4, -0.2) is 6.10 Å². The van der Waals surface area contributed by atoms with E-state index in [1.165, 1.54) is 0 Å². The third kappa shape index (κ3) is 3.82. The fourth-order valence-electron chi connectivity index (χ4n) is 1.85. The molecule has 0 bridgehead atoms. The summed E-state index contributed by atoms with van der Waals surface area (Å²) in [5, 5.41) is 0.771. The minimum Gasteiger partial charge on any atom is -0.491 e. The molecule has 0 spiro atoms. The lowest BCUT2D eigenvalue weighted by Gasteiger charge is -2.13. The monoisotopic (exact) mass is 328 g/mol. The van der Waals surface area contributed by atoms with Gasteiger partial charge in [0.05, 0.1) is 21.5 Å². The first-order valence-corrected chi connectivity index (χ1v) is 7.52. The molecule has 0 saturated heterocycles. The van der Waals surface area contributed by atoms with Gasteiger partial charge in [-0.3, -0.25) is 0 Å². The van der Waals surface area contributed by atoms with Crippen molar-refractivity contribution >= 4 is 34.8 Å². The Morgan fingerprint density at radius 1 is 0.850 bits per heavy atom. The second-order valence-corrected chi connectivity index (χ2v) is 6.02. The van der Waals surface area contributed by atoms with Crippen LogP contribution in [0.2, 0.25) is 10.0 Å². The fourth-order valence-corrected chi connectivity index (χ4v) is 2.44. The maximum Gasteiger partial charge on any atom is 0.119 e. The zero-order valence-electron chi connectivity index (χ0n) is 11.2. The van der Waals surface area contributed by atoms with Crippen molar-refractivity contribution in [1.29, 1.82) is 0 Å². The summed E-state index contributed by atoms with van der Waals surface area (Å²) in [4.78, 5) is 0. The number of hydrogen-bond acceptors (Lipinski definition) is 1. The van der Waals surface area contributed by atoms with Gasteiger partial charge in [-0.2, -0.15) is 0 Å². The zero-order valence-corrected chi connectivity index (χ0v) is 13.5. The molecule has 0 radical (unpaired) electrons. The lowest BCUT2D eigenvalue weighted by molar-refractivity contribution is 0.242. The summed E-state index contributed by atoms with van der Waals surface area (Å²) in [6.07, 6.45) is 0.155. The molecule has 0 amide bonds. The molecule has 2 rings (SSSR count). The number of ether oxygens (including phenoxy) is 1. The molecule has 1 atom stereocenters. The van der Waals surface area contributed by atoms with Crippen LogP contribution in [0.15, 0.2) is 42.5 Å². The van der Waals surface area contributed by atoms with Crippen molar-refractivity contribution in [3.05, 3.63) is 63.6 Å². The molecule has 20 heavy (non-hydrogen) atoms. The number of alkyl halides is 1. The summed E-state index contributed by atoms with van der Waals surface area (Å²) in [6, 6.07) is 13.2. The quantitative estimate of drug-likeness (QED) is 0.615. The second kappa shape index (κ2) is 6.71. The van der Waals surface area contributed by atoms with Crippen LogP contribution in [0.4, 0.5) is 0 Å². The van der Waals surface area contributed by atoms with Gasteiger partial charge in [-0.1, -0.05) is 41.4 Å². The Hall–Kier alpha value is -0.890. The van der Waals surface area contributed by atoms with Crippen LogP contribution in [-0.2, 0) is 0 Å². The predicted molar refractivity (Wildman–Crippen MR) is 86.4 cm³/mol. The third-order valence-electron chi connectivity index (χ3n) is 2.78. The molecule has 0 aliphatic carbocycles. The molecule has 0 aliphatic rings. The maximum atomic E-state index is 6.47. The van der Waals surface area contributed by atoms with Gasteiger partial charge < -0.3 is 4.74 Å². The first kappa shape index (κ1) is 15.5. The molecule has 0 heterocycles. The summed E-state index contributed by atoms with van der Waals surface area (Å²) >= 11 is 18.4. The highest BCUT2D eigenvalue weighted by Gasteiger charge is 2.12. The Morgan fingerprint density at radius 3 is 2.00 bits per heavy atom. The molecule has 106 valence electrons. The van der Waals surface area contributed by atoms with E-state index in [1.807, 2.05) is 44.2 Å².